The minimum absolute atomic E-state index is 0.0495. The number of fused-ring (bicyclic) bond motifs is 2. The molecule has 3 aliphatic rings. The summed E-state index contributed by atoms with van der Waals surface area (Å²) < 4.78 is 39.1. The van der Waals surface area contributed by atoms with Crippen molar-refractivity contribution in [3.8, 4) is 11.4 Å². The summed E-state index contributed by atoms with van der Waals surface area (Å²) in [5, 5.41) is 19.8. The summed E-state index contributed by atoms with van der Waals surface area (Å²) in [6.07, 6.45) is -0.661. The quantitative estimate of drug-likeness (QED) is 0.557. The summed E-state index contributed by atoms with van der Waals surface area (Å²) in [4.78, 5) is 36.4. The summed E-state index contributed by atoms with van der Waals surface area (Å²) in [6.45, 7) is 2.16. The SMILES string of the molecule is Cc1cc(-c2cc(C(=O)N3C4CCC3CC(C(=O)NCC3CCC(O)(C(F)(F)F)CC3)C4)[nH]n2)ncn1. The number of alkyl halides is 3. The van der Waals surface area contributed by atoms with E-state index in [9.17, 15) is 27.9 Å². The van der Waals surface area contributed by atoms with Gasteiger partial charge in [0.15, 0.2) is 5.60 Å². The highest BCUT2D eigenvalue weighted by Gasteiger charge is 2.54. The molecule has 0 radical (unpaired) electrons. The average molecular weight is 521 g/mol. The predicted octanol–water partition coefficient (Wildman–Crippen LogP) is 3.16. The van der Waals surface area contributed by atoms with Crippen LogP contribution in [-0.2, 0) is 4.79 Å². The first-order chi connectivity index (χ1) is 17.5. The first-order valence-electron chi connectivity index (χ1n) is 12.8. The molecule has 2 aromatic heterocycles. The molecule has 2 amide bonds. The van der Waals surface area contributed by atoms with Gasteiger partial charge in [0.1, 0.15) is 17.7 Å². The van der Waals surface area contributed by atoms with Crippen LogP contribution in [0.4, 0.5) is 13.2 Å². The summed E-state index contributed by atoms with van der Waals surface area (Å²) in [6, 6.07) is 3.38. The van der Waals surface area contributed by atoms with Gasteiger partial charge in [0, 0.05) is 30.2 Å². The third-order valence-corrected chi connectivity index (χ3v) is 8.24. The molecule has 37 heavy (non-hydrogen) atoms. The number of nitrogens with one attached hydrogen (secondary N) is 2. The Hall–Kier alpha value is -3.02. The van der Waals surface area contributed by atoms with Crippen molar-refractivity contribution >= 4 is 11.8 Å². The van der Waals surface area contributed by atoms with Crippen LogP contribution in [0.2, 0.25) is 0 Å². The molecule has 2 unspecified atom stereocenters. The molecule has 0 aromatic carbocycles. The highest BCUT2D eigenvalue weighted by molar-refractivity contribution is 5.94. The Morgan fingerprint density at radius 3 is 2.41 bits per heavy atom. The second-order valence-electron chi connectivity index (χ2n) is 10.7. The molecule has 2 aliphatic heterocycles. The number of hydrogen-bond acceptors (Lipinski definition) is 6. The molecule has 0 spiro atoms. The Labute approximate surface area is 212 Å². The van der Waals surface area contributed by atoms with Crippen LogP contribution in [0.5, 0.6) is 0 Å². The molecule has 5 rings (SSSR count). The molecule has 2 saturated heterocycles. The maximum atomic E-state index is 13.3. The summed E-state index contributed by atoms with van der Waals surface area (Å²) in [5.74, 6) is -0.573. The number of carbonyl (C=O) groups is 2. The maximum Gasteiger partial charge on any atom is 0.417 e. The van der Waals surface area contributed by atoms with Crippen molar-refractivity contribution in [2.45, 2.75) is 82.2 Å². The molecule has 1 aliphatic carbocycles. The topological polar surface area (TPSA) is 124 Å². The lowest BCUT2D eigenvalue weighted by Gasteiger charge is -2.39. The molecule has 1 saturated carbocycles. The second kappa shape index (κ2) is 9.70. The number of aliphatic hydroxyl groups is 1. The standard InChI is InChI=1S/C25H31F3N6O3/c1-14-8-19(31-13-30-14)20-11-21(33-32-20)23(36)34-17-2-3-18(34)10-16(9-17)22(35)29-12-15-4-6-24(37,7-5-15)25(26,27)28/h8,11,13,15-18,37H,2-7,9-10,12H2,1H3,(H,29,35)(H,32,33). The lowest BCUT2D eigenvalue weighted by atomic mass is 9.78. The van der Waals surface area contributed by atoms with Gasteiger partial charge < -0.3 is 15.3 Å². The fraction of sp³-hybridized carbons (Fsp3) is 0.640. The Morgan fingerprint density at radius 1 is 1.11 bits per heavy atom. The van der Waals surface area contributed by atoms with Crippen molar-refractivity contribution in [1.82, 2.24) is 30.4 Å². The van der Waals surface area contributed by atoms with Crippen LogP contribution < -0.4 is 5.32 Å². The van der Waals surface area contributed by atoms with Gasteiger partial charge in [-0.1, -0.05) is 0 Å². The van der Waals surface area contributed by atoms with Crippen LogP contribution in [0.1, 0.15) is 67.5 Å². The zero-order valence-corrected chi connectivity index (χ0v) is 20.6. The van der Waals surface area contributed by atoms with E-state index in [1.165, 1.54) is 6.33 Å². The lowest BCUT2D eigenvalue weighted by Crippen LogP contribution is -2.50. The van der Waals surface area contributed by atoms with Gasteiger partial charge in [-0.05, 0) is 76.3 Å². The van der Waals surface area contributed by atoms with E-state index in [1.807, 2.05) is 11.8 Å². The van der Waals surface area contributed by atoms with Gasteiger partial charge in [0.05, 0.1) is 5.69 Å². The van der Waals surface area contributed by atoms with Crippen molar-refractivity contribution in [2.24, 2.45) is 11.8 Å². The molecule has 4 heterocycles. The van der Waals surface area contributed by atoms with Gasteiger partial charge in [-0.25, -0.2) is 9.97 Å². The average Bonchev–Trinajstić information content (AvgIpc) is 3.45. The third kappa shape index (κ3) is 5.07. The zero-order chi connectivity index (χ0) is 26.4. The van der Waals surface area contributed by atoms with E-state index in [2.05, 4.69) is 25.5 Å². The number of halogens is 3. The fourth-order valence-electron chi connectivity index (χ4n) is 6.05. The smallest absolute Gasteiger partial charge is 0.380 e. The van der Waals surface area contributed by atoms with Gasteiger partial charge in [0.25, 0.3) is 5.91 Å². The Balaban J connectivity index is 1.15. The van der Waals surface area contributed by atoms with Crippen LogP contribution in [0.25, 0.3) is 11.4 Å². The van der Waals surface area contributed by atoms with Crippen molar-refractivity contribution in [3.05, 3.63) is 29.8 Å². The number of piperidine rings is 1. The predicted molar refractivity (Wildman–Crippen MR) is 126 cm³/mol. The van der Waals surface area contributed by atoms with Crippen molar-refractivity contribution in [3.63, 3.8) is 0 Å². The van der Waals surface area contributed by atoms with E-state index in [0.717, 1.165) is 18.5 Å². The monoisotopic (exact) mass is 520 g/mol. The molecule has 12 heteroatoms. The molecule has 2 aromatic rings. The molecule has 3 N–H and O–H groups in total. The molecular formula is C25H31F3N6O3. The highest BCUT2D eigenvalue weighted by atomic mass is 19.4. The summed E-state index contributed by atoms with van der Waals surface area (Å²) >= 11 is 0. The molecular weight excluding hydrogens is 489 g/mol. The van der Waals surface area contributed by atoms with E-state index in [1.54, 1.807) is 12.1 Å². The maximum absolute atomic E-state index is 13.3. The molecule has 200 valence electrons. The normalized spacial score (nSPS) is 29.8. The number of amides is 2. The van der Waals surface area contributed by atoms with Crippen molar-refractivity contribution < 1.29 is 27.9 Å². The first kappa shape index (κ1) is 25.6. The van der Waals surface area contributed by atoms with E-state index in [-0.39, 0.29) is 61.4 Å². The number of carbonyl (C=O) groups excluding carboxylic acids is 2. The van der Waals surface area contributed by atoms with Crippen LogP contribution >= 0.6 is 0 Å². The number of nitrogens with zero attached hydrogens (tertiary/aromatic N) is 4. The van der Waals surface area contributed by atoms with Gasteiger partial charge in [-0.15, -0.1) is 0 Å². The van der Waals surface area contributed by atoms with Gasteiger partial charge in [-0.2, -0.15) is 18.3 Å². The highest BCUT2D eigenvalue weighted by Crippen LogP contribution is 2.43. The minimum atomic E-state index is -4.63. The number of aryl methyl sites for hydroxylation is 1. The summed E-state index contributed by atoms with van der Waals surface area (Å²) in [7, 11) is 0. The van der Waals surface area contributed by atoms with Crippen molar-refractivity contribution in [1.29, 1.82) is 0 Å². The van der Waals surface area contributed by atoms with Gasteiger partial charge in [0.2, 0.25) is 5.91 Å². The second-order valence-corrected chi connectivity index (χ2v) is 10.7. The molecule has 2 bridgehead atoms. The van der Waals surface area contributed by atoms with E-state index in [0.29, 0.717) is 36.5 Å². The molecule has 9 nitrogen and oxygen atoms in total. The van der Waals surface area contributed by atoms with E-state index in [4.69, 9.17) is 0 Å². The Morgan fingerprint density at radius 2 is 1.78 bits per heavy atom. The number of aromatic amines is 1. The van der Waals surface area contributed by atoms with Crippen LogP contribution in [0.3, 0.4) is 0 Å². The molecule has 3 fully saturated rings. The number of aromatic nitrogens is 4. The number of hydrogen-bond donors (Lipinski definition) is 3. The zero-order valence-electron chi connectivity index (χ0n) is 20.6. The summed E-state index contributed by atoms with van der Waals surface area (Å²) in [5.41, 5.74) is -0.253. The Bertz CT molecular complexity index is 1150. The van der Waals surface area contributed by atoms with Crippen LogP contribution in [-0.4, -0.2) is 72.4 Å². The lowest BCUT2D eigenvalue weighted by molar-refractivity contribution is -0.271. The number of H-pyrrole nitrogens is 1. The fourth-order valence-corrected chi connectivity index (χ4v) is 6.05. The largest absolute Gasteiger partial charge is 0.417 e. The minimum Gasteiger partial charge on any atom is -0.380 e. The number of rotatable bonds is 5. The third-order valence-electron chi connectivity index (χ3n) is 8.24. The van der Waals surface area contributed by atoms with Crippen LogP contribution in [0.15, 0.2) is 18.5 Å². The first-order valence-corrected chi connectivity index (χ1v) is 12.8. The van der Waals surface area contributed by atoms with E-state index >= 15 is 0 Å². The van der Waals surface area contributed by atoms with Crippen LogP contribution in [0, 0.1) is 18.8 Å². The van der Waals surface area contributed by atoms with E-state index < -0.39 is 11.8 Å². The Kier molecular flexibility index (Phi) is 6.71. The molecule has 2 atom stereocenters. The van der Waals surface area contributed by atoms with Gasteiger partial charge >= 0.3 is 6.18 Å². The van der Waals surface area contributed by atoms with Crippen molar-refractivity contribution in [2.75, 3.05) is 6.54 Å². The van der Waals surface area contributed by atoms with Gasteiger partial charge in [-0.3, -0.25) is 14.7 Å².